The highest BCUT2D eigenvalue weighted by Gasteiger charge is 2.59. The lowest BCUT2D eigenvalue weighted by molar-refractivity contribution is -0.0500. The van der Waals surface area contributed by atoms with E-state index < -0.39 is 38.7 Å². The molecule has 3 heterocycles. The Morgan fingerprint density at radius 3 is 2.36 bits per heavy atom. The molecule has 0 aliphatic carbocycles. The summed E-state index contributed by atoms with van der Waals surface area (Å²) >= 11 is 1.07. The molecule has 15 heteroatoms. The van der Waals surface area contributed by atoms with E-state index in [0.717, 1.165) is 21.8 Å². The molecule has 2 aromatic heterocycles. The van der Waals surface area contributed by atoms with Crippen molar-refractivity contribution in [2.24, 2.45) is 4.99 Å². The average molecular weight is 579 g/mol. The average Bonchev–Trinajstić information content (AvgIpc) is 3.36. The van der Waals surface area contributed by atoms with Gasteiger partial charge in [-0.1, -0.05) is 18.2 Å². The van der Waals surface area contributed by atoms with E-state index in [-0.39, 0.29) is 28.2 Å². The van der Waals surface area contributed by atoms with Crippen LogP contribution in [0.4, 0.5) is 14.6 Å². The van der Waals surface area contributed by atoms with Crippen LogP contribution in [0, 0.1) is 0 Å². The lowest BCUT2D eigenvalue weighted by Gasteiger charge is -2.46. The highest BCUT2D eigenvalue weighted by molar-refractivity contribution is 7.91. The minimum absolute atomic E-state index is 0.0801. The molecule has 2 N–H and O–H groups in total. The van der Waals surface area contributed by atoms with E-state index in [4.69, 9.17) is 0 Å². The van der Waals surface area contributed by atoms with Gasteiger partial charge in [-0.05, 0) is 45.0 Å². The van der Waals surface area contributed by atoms with E-state index in [2.05, 4.69) is 30.3 Å². The predicted molar refractivity (Wildman–Crippen MR) is 140 cm³/mol. The molecule has 0 fully saturated rings. The fourth-order valence-corrected chi connectivity index (χ4v) is 6.45. The van der Waals surface area contributed by atoms with Crippen LogP contribution >= 0.6 is 11.3 Å². The van der Waals surface area contributed by atoms with Crippen molar-refractivity contribution >= 4 is 45.0 Å². The van der Waals surface area contributed by atoms with Gasteiger partial charge in [0.2, 0.25) is 16.0 Å². The van der Waals surface area contributed by atoms with Crippen molar-refractivity contribution in [3.63, 3.8) is 0 Å². The number of anilines is 1. The van der Waals surface area contributed by atoms with E-state index in [1.165, 1.54) is 38.4 Å². The number of carbonyl (C=O) groups is 2. The van der Waals surface area contributed by atoms with Crippen molar-refractivity contribution in [1.82, 2.24) is 19.6 Å². The lowest BCUT2D eigenvalue weighted by Crippen LogP contribution is -2.63. The second-order valence-electron chi connectivity index (χ2n) is 9.06. The SMILES string of the molecule is CN1C(NC(=O)c2ccccc2)=NC(C)(c2nc(NC(=O)c3ccc(OC(F)F)cn3)cs2)C(C)(C)S1(=O)=O. The maximum absolute atomic E-state index is 13.6. The quantitative estimate of drug-likeness (QED) is 0.456. The summed E-state index contributed by atoms with van der Waals surface area (Å²) in [5.41, 5.74) is -1.22. The van der Waals surface area contributed by atoms with Crippen molar-refractivity contribution in [1.29, 1.82) is 0 Å². The number of thiazole rings is 1. The molecule has 4 rings (SSSR count). The Kier molecular flexibility index (Phi) is 7.40. The summed E-state index contributed by atoms with van der Waals surface area (Å²) in [4.78, 5) is 38.3. The molecule has 1 unspecified atom stereocenters. The van der Waals surface area contributed by atoms with Crippen LogP contribution in [0.25, 0.3) is 0 Å². The van der Waals surface area contributed by atoms with Crippen LogP contribution in [0.1, 0.15) is 46.6 Å². The molecule has 2 amide bonds. The molecule has 11 nitrogen and oxygen atoms in total. The second-order valence-corrected chi connectivity index (χ2v) is 12.4. The van der Waals surface area contributed by atoms with Gasteiger partial charge in [0.1, 0.15) is 32.6 Å². The van der Waals surface area contributed by atoms with E-state index in [0.29, 0.717) is 5.56 Å². The Labute approximate surface area is 227 Å². The number of halogens is 2. The first-order chi connectivity index (χ1) is 18.3. The van der Waals surface area contributed by atoms with Crippen molar-refractivity contribution in [3.8, 4) is 5.75 Å². The third kappa shape index (κ3) is 5.18. The second kappa shape index (κ2) is 10.3. The normalized spacial score (nSPS) is 19.8. The minimum atomic E-state index is -4.05. The Balaban J connectivity index is 1.62. The molecule has 0 spiro atoms. The van der Waals surface area contributed by atoms with Crippen LogP contribution in [0.5, 0.6) is 5.75 Å². The number of benzene rings is 1. The number of aromatic nitrogens is 2. The van der Waals surface area contributed by atoms with Crippen LogP contribution in [-0.4, -0.2) is 58.9 Å². The van der Waals surface area contributed by atoms with Gasteiger partial charge in [0.25, 0.3) is 11.8 Å². The van der Waals surface area contributed by atoms with E-state index in [1.807, 2.05) is 0 Å². The third-order valence-electron chi connectivity index (χ3n) is 6.42. The molecule has 1 aromatic carbocycles. The number of alkyl halides is 2. The van der Waals surface area contributed by atoms with Crippen molar-refractivity contribution < 1.29 is 31.5 Å². The summed E-state index contributed by atoms with van der Waals surface area (Å²) in [5.74, 6) is -1.49. The van der Waals surface area contributed by atoms with Gasteiger partial charge in [0, 0.05) is 18.0 Å². The zero-order valence-corrected chi connectivity index (χ0v) is 22.8. The number of guanidine groups is 1. The number of pyridine rings is 1. The number of nitrogens with zero attached hydrogens (tertiary/aromatic N) is 4. The summed E-state index contributed by atoms with van der Waals surface area (Å²) in [6.45, 7) is 1.57. The molecule has 3 aromatic rings. The number of carbonyl (C=O) groups excluding carboxylic acids is 2. The van der Waals surface area contributed by atoms with Crippen LogP contribution in [0.15, 0.2) is 59.0 Å². The van der Waals surface area contributed by atoms with Crippen molar-refractivity contribution in [2.75, 3.05) is 12.4 Å². The van der Waals surface area contributed by atoms with Gasteiger partial charge < -0.3 is 10.1 Å². The number of aliphatic imine (C=N–C) groups is 1. The maximum Gasteiger partial charge on any atom is 0.387 e. The van der Waals surface area contributed by atoms with Gasteiger partial charge in [-0.15, -0.1) is 11.3 Å². The largest absolute Gasteiger partial charge is 0.433 e. The van der Waals surface area contributed by atoms with Crippen LogP contribution in [0.2, 0.25) is 0 Å². The Morgan fingerprint density at radius 1 is 1.05 bits per heavy atom. The van der Waals surface area contributed by atoms with Crippen LogP contribution < -0.4 is 15.4 Å². The number of sulfonamides is 1. The fourth-order valence-electron chi connectivity index (χ4n) is 3.72. The number of hydrogen-bond acceptors (Lipinski definition) is 9. The smallest absolute Gasteiger partial charge is 0.387 e. The molecule has 1 aliphatic rings. The van der Waals surface area contributed by atoms with Crippen molar-refractivity contribution in [2.45, 2.75) is 37.7 Å². The topological polar surface area (TPSA) is 143 Å². The highest BCUT2D eigenvalue weighted by atomic mass is 32.2. The predicted octanol–water partition coefficient (Wildman–Crippen LogP) is 3.45. The molecule has 0 radical (unpaired) electrons. The minimum Gasteiger partial charge on any atom is -0.433 e. The standard InChI is InChI=1S/C24H24F2N6O5S2/c1-23(2)24(3,31-22(32(4)39(23,35)36)30-18(33)14-8-6-5-7-9-14)20-29-17(13-38-20)28-19(34)16-11-10-15(12-27-16)37-21(25)26/h5-13,21H,1-4H3,(H,28,34)(H,30,31,33). The summed E-state index contributed by atoms with van der Waals surface area (Å²) in [7, 11) is -2.75. The van der Waals surface area contributed by atoms with Gasteiger partial charge in [-0.3, -0.25) is 14.9 Å². The number of rotatable bonds is 6. The van der Waals surface area contributed by atoms with Gasteiger partial charge in [-0.2, -0.15) is 8.78 Å². The van der Waals surface area contributed by atoms with Crippen molar-refractivity contribution in [3.05, 3.63) is 70.3 Å². The molecule has 0 bridgehead atoms. The summed E-state index contributed by atoms with van der Waals surface area (Å²) in [6.07, 6.45) is 0.987. The number of ether oxygens (including phenoxy) is 1. The Bertz CT molecular complexity index is 1530. The van der Waals surface area contributed by atoms with Gasteiger partial charge in [-0.25, -0.2) is 27.7 Å². The third-order valence-corrected chi connectivity index (χ3v) is 10.1. The zero-order chi connectivity index (χ0) is 28.6. The van der Waals surface area contributed by atoms with E-state index in [9.17, 15) is 26.8 Å². The summed E-state index contributed by atoms with van der Waals surface area (Å²) in [6, 6.07) is 10.7. The first kappa shape index (κ1) is 28.0. The van der Waals surface area contributed by atoms with E-state index in [1.54, 1.807) is 37.3 Å². The van der Waals surface area contributed by atoms with Gasteiger partial charge >= 0.3 is 6.61 Å². The molecule has 1 aliphatic heterocycles. The molecular weight excluding hydrogens is 554 g/mol. The number of hydrogen-bond donors (Lipinski definition) is 2. The zero-order valence-electron chi connectivity index (χ0n) is 21.2. The molecule has 0 saturated heterocycles. The monoisotopic (exact) mass is 578 g/mol. The lowest BCUT2D eigenvalue weighted by atomic mass is 9.88. The fraction of sp³-hybridized carbons (Fsp3) is 0.292. The van der Waals surface area contributed by atoms with Crippen LogP contribution in [-0.2, 0) is 15.6 Å². The molecule has 39 heavy (non-hydrogen) atoms. The number of nitrogens with one attached hydrogen (secondary N) is 2. The Morgan fingerprint density at radius 2 is 1.74 bits per heavy atom. The first-order valence-electron chi connectivity index (χ1n) is 11.4. The highest BCUT2D eigenvalue weighted by Crippen LogP contribution is 2.47. The van der Waals surface area contributed by atoms with Gasteiger partial charge in [0.15, 0.2) is 0 Å². The summed E-state index contributed by atoms with van der Waals surface area (Å²) in [5, 5.41) is 6.90. The molecule has 0 saturated carbocycles. The number of amides is 2. The summed E-state index contributed by atoms with van der Waals surface area (Å²) < 4.78 is 55.4. The maximum atomic E-state index is 13.6. The molecule has 206 valence electrons. The first-order valence-corrected chi connectivity index (χ1v) is 13.7. The Hall–Kier alpha value is -3.98. The van der Waals surface area contributed by atoms with Gasteiger partial charge in [0.05, 0.1) is 6.20 Å². The van der Waals surface area contributed by atoms with Crippen LogP contribution in [0.3, 0.4) is 0 Å². The molecular formula is C24H24F2N6O5S2. The molecule has 1 atom stereocenters. The van der Waals surface area contributed by atoms with E-state index >= 15 is 0 Å².